The maximum absolute atomic E-state index is 11.5. The molecule has 0 fully saturated rings. The number of benzene rings is 1. The number of nitrogens with two attached hydrogens (primary N) is 1. The molecule has 1 rings (SSSR count). The van der Waals surface area contributed by atoms with Crippen molar-refractivity contribution in [2.24, 2.45) is 5.73 Å². The molecule has 0 saturated heterocycles. The third-order valence-electron chi connectivity index (χ3n) is 2.25. The van der Waals surface area contributed by atoms with Crippen molar-refractivity contribution >= 4 is 23.9 Å². The highest BCUT2D eigenvalue weighted by Crippen LogP contribution is 2.01. The number of amides is 2. The molecule has 0 heterocycles. The van der Waals surface area contributed by atoms with E-state index in [9.17, 15) is 14.4 Å². The van der Waals surface area contributed by atoms with Crippen LogP contribution in [0.1, 0.15) is 12.0 Å². The number of carbonyl (C=O) groups excluding carboxylic acids is 2. The number of hydrogen-bond donors (Lipinski definition) is 3. The van der Waals surface area contributed by atoms with Gasteiger partial charge in [0.15, 0.2) is 0 Å². The van der Waals surface area contributed by atoms with Gasteiger partial charge < -0.3 is 16.2 Å². The zero-order valence-corrected chi connectivity index (χ0v) is 10.1. The molecule has 4 N–H and O–H groups in total. The van der Waals surface area contributed by atoms with Crippen molar-refractivity contribution in [1.29, 1.82) is 0 Å². The van der Waals surface area contributed by atoms with Crippen LogP contribution in [-0.4, -0.2) is 28.9 Å². The van der Waals surface area contributed by atoms with Crippen LogP contribution in [0.4, 0.5) is 0 Å². The number of carboxylic acids is 1. The Kier molecular flexibility index (Phi) is 5.28. The molecule has 19 heavy (non-hydrogen) atoms. The average Bonchev–Trinajstić information content (AvgIpc) is 2.36. The lowest BCUT2D eigenvalue weighted by Gasteiger charge is -2.10. The summed E-state index contributed by atoms with van der Waals surface area (Å²) in [6, 6.07) is 7.73. The summed E-state index contributed by atoms with van der Waals surface area (Å²) in [5, 5.41) is 11.0. The largest absolute Gasteiger partial charge is 0.480 e. The van der Waals surface area contributed by atoms with E-state index in [0.717, 1.165) is 5.56 Å². The maximum atomic E-state index is 11.5. The van der Waals surface area contributed by atoms with E-state index in [1.54, 1.807) is 18.2 Å². The van der Waals surface area contributed by atoms with Gasteiger partial charge in [-0.2, -0.15) is 0 Å². The highest BCUT2D eigenvalue weighted by Gasteiger charge is 2.20. The molecule has 100 valence electrons. The van der Waals surface area contributed by atoms with Crippen molar-refractivity contribution in [3.05, 3.63) is 42.0 Å². The number of aliphatic carboxylic acids is 1. The van der Waals surface area contributed by atoms with Crippen LogP contribution in [0.5, 0.6) is 0 Å². The fraction of sp³-hybridized carbons (Fsp3) is 0.154. The SMILES string of the molecule is NC(=O)C[C@H](NC(=O)C=Cc1ccccc1)C(=O)O. The molecule has 6 heteroatoms. The Hall–Kier alpha value is -2.63. The Balaban J connectivity index is 2.60. The van der Waals surface area contributed by atoms with Crippen molar-refractivity contribution in [3.8, 4) is 0 Å². The van der Waals surface area contributed by atoms with E-state index in [0.29, 0.717) is 0 Å². The van der Waals surface area contributed by atoms with E-state index in [1.165, 1.54) is 6.08 Å². The highest BCUT2D eigenvalue weighted by atomic mass is 16.4. The van der Waals surface area contributed by atoms with E-state index in [2.05, 4.69) is 5.32 Å². The second kappa shape index (κ2) is 6.95. The van der Waals surface area contributed by atoms with Crippen LogP contribution in [0.2, 0.25) is 0 Å². The van der Waals surface area contributed by atoms with Gasteiger partial charge in [-0.15, -0.1) is 0 Å². The molecular formula is C13H14N2O4. The van der Waals surface area contributed by atoms with Gasteiger partial charge in [-0.05, 0) is 11.6 Å². The van der Waals surface area contributed by atoms with Gasteiger partial charge in [-0.25, -0.2) is 4.79 Å². The van der Waals surface area contributed by atoms with Crippen LogP contribution in [0, 0.1) is 0 Å². The molecule has 0 radical (unpaired) electrons. The van der Waals surface area contributed by atoms with Crippen molar-refractivity contribution in [3.63, 3.8) is 0 Å². The predicted octanol–water partition coefficient (Wildman–Crippen LogP) is 0.145. The van der Waals surface area contributed by atoms with Crippen LogP contribution in [0.15, 0.2) is 36.4 Å². The summed E-state index contributed by atoms with van der Waals surface area (Å²) in [4.78, 5) is 33.0. The number of hydrogen-bond acceptors (Lipinski definition) is 3. The minimum atomic E-state index is -1.31. The molecule has 0 aliphatic heterocycles. The molecule has 1 aromatic carbocycles. The Morgan fingerprint density at radius 2 is 1.89 bits per heavy atom. The zero-order chi connectivity index (χ0) is 14.3. The smallest absolute Gasteiger partial charge is 0.326 e. The number of carbonyl (C=O) groups is 3. The van der Waals surface area contributed by atoms with E-state index in [-0.39, 0.29) is 0 Å². The van der Waals surface area contributed by atoms with Gasteiger partial charge in [-0.3, -0.25) is 9.59 Å². The molecule has 0 unspecified atom stereocenters. The van der Waals surface area contributed by atoms with E-state index in [4.69, 9.17) is 10.8 Å². The predicted molar refractivity (Wildman–Crippen MR) is 68.9 cm³/mol. The van der Waals surface area contributed by atoms with Gasteiger partial charge in [0.25, 0.3) is 0 Å². The average molecular weight is 262 g/mol. The fourth-order valence-corrected chi connectivity index (χ4v) is 1.36. The Morgan fingerprint density at radius 3 is 2.42 bits per heavy atom. The number of primary amides is 1. The Bertz CT molecular complexity index is 497. The molecule has 1 aromatic rings. The van der Waals surface area contributed by atoms with E-state index >= 15 is 0 Å². The van der Waals surface area contributed by atoms with E-state index in [1.807, 2.05) is 18.2 Å². The zero-order valence-electron chi connectivity index (χ0n) is 10.1. The van der Waals surface area contributed by atoms with Gasteiger partial charge in [0, 0.05) is 6.08 Å². The first kappa shape index (κ1) is 14.4. The summed E-state index contributed by atoms with van der Waals surface area (Å²) >= 11 is 0. The normalized spacial score (nSPS) is 12.0. The van der Waals surface area contributed by atoms with Gasteiger partial charge in [0.1, 0.15) is 6.04 Å². The molecule has 0 bridgehead atoms. The molecule has 0 aromatic heterocycles. The van der Waals surface area contributed by atoms with Gasteiger partial charge in [0.05, 0.1) is 6.42 Å². The fourth-order valence-electron chi connectivity index (χ4n) is 1.36. The molecule has 0 spiro atoms. The second-order valence-corrected chi connectivity index (χ2v) is 3.81. The molecule has 0 aliphatic rings. The molecule has 6 nitrogen and oxygen atoms in total. The van der Waals surface area contributed by atoms with Crippen LogP contribution < -0.4 is 11.1 Å². The molecule has 0 aliphatic carbocycles. The first-order chi connectivity index (χ1) is 8.99. The summed E-state index contributed by atoms with van der Waals surface area (Å²) < 4.78 is 0. The quantitative estimate of drug-likeness (QED) is 0.633. The number of rotatable bonds is 6. The summed E-state index contributed by atoms with van der Waals surface area (Å²) in [6.45, 7) is 0. The topological polar surface area (TPSA) is 109 Å². The molecular weight excluding hydrogens is 248 g/mol. The highest BCUT2D eigenvalue weighted by molar-refractivity contribution is 5.95. The number of carboxylic acid groups (broad SMARTS) is 1. The van der Waals surface area contributed by atoms with Crippen molar-refractivity contribution in [1.82, 2.24) is 5.32 Å². The van der Waals surface area contributed by atoms with Crippen molar-refractivity contribution in [2.45, 2.75) is 12.5 Å². The van der Waals surface area contributed by atoms with Crippen LogP contribution >= 0.6 is 0 Å². The van der Waals surface area contributed by atoms with Crippen LogP contribution in [0.25, 0.3) is 6.08 Å². The lowest BCUT2D eigenvalue weighted by Crippen LogP contribution is -2.42. The Morgan fingerprint density at radius 1 is 1.26 bits per heavy atom. The monoisotopic (exact) mass is 262 g/mol. The molecule has 2 amide bonds. The summed E-state index contributed by atoms with van der Waals surface area (Å²) in [6.07, 6.45) is 2.30. The standard InChI is InChI=1S/C13H14N2O4/c14-11(16)8-10(13(18)19)15-12(17)7-6-9-4-2-1-3-5-9/h1-7,10H,8H2,(H2,14,16)(H,15,17)(H,18,19)/t10-/m0/s1. The Labute approximate surface area is 109 Å². The lowest BCUT2D eigenvalue weighted by molar-refractivity contribution is -0.142. The summed E-state index contributed by atoms with van der Waals surface area (Å²) in [5.74, 6) is -2.70. The summed E-state index contributed by atoms with van der Waals surface area (Å²) in [5.41, 5.74) is 5.71. The minimum absolute atomic E-state index is 0.444. The van der Waals surface area contributed by atoms with Gasteiger partial charge in [-0.1, -0.05) is 30.3 Å². The first-order valence-electron chi connectivity index (χ1n) is 5.54. The van der Waals surface area contributed by atoms with Gasteiger partial charge >= 0.3 is 5.97 Å². The summed E-state index contributed by atoms with van der Waals surface area (Å²) in [7, 11) is 0. The van der Waals surface area contributed by atoms with Crippen molar-refractivity contribution in [2.75, 3.05) is 0 Å². The second-order valence-electron chi connectivity index (χ2n) is 3.81. The van der Waals surface area contributed by atoms with Crippen LogP contribution in [-0.2, 0) is 14.4 Å². The molecule has 1 atom stereocenters. The third-order valence-corrected chi connectivity index (χ3v) is 2.25. The van der Waals surface area contributed by atoms with Crippen molar-refractivity contribution < 1.29 is 19.5 Å². The van der Waals surface area contributed by atoms with E-state index < -0.39 is 30.2 Å². The minimum Gasteiger partial charge on any atom is -0.480 e. The van der Waals surface area contributed by atoms with Gasteiger partial charge in [0.2, 0.25) is 11.8 Å². The number of nitrogens with one attached hydrogen (secondary N) is 1. The maximum Gasteiger partial charge on any atom is 0.326 e. The first-order valence-corrected chi connectivity index (χ1v) is 5.54. The van der Waals surface area contributed by atoms with Crippen LogP contribution in [0.3, 0.4) is 0 Å². The lowest BCUT2D eigenvalue weighted by atomic mass is 10.2. The third kappa shape index (κ3) is 5.49. The molecule has 0 saturated carbocycles.